The van der Waals surface area contributed by atoms with Gasteiger partial charge in [-0.3, -0.25) is 9.10 Å². The van der Waals surface area contributed by atoms with Crippen LogP contribution in [0.1, 0.15) is 11.1 Å². The zero-order chi connectivity index (χ0) is 19.2. The van der Waals surface area contributed by atoms with Crippen LogP contribution in [0.3, 0.4) is 0 Å². The number of halogens is 1. The van der Waals surface area contributed by atoms with E-state index < -0.39 is 16.1 Å². The van der Waals surface area contributed by atoms with Gasteiger partial charge in [0.1, 0.15) is 5.75 Å². The summed E-state index contributed by atoms with van der Waals surface area (Å²) in [6.45, 7) is 1.02. The number of amides is 1. The molecule has 1 unspecified atom stereocenters. The average Bonchev–Trinajstić information content (AvgIpc) is 2.65. The van der Waals surface area contributed by atoms with Gasteiger partial charge in [-0.25, -0.2) is 8.42 Å². The van der Waals surface area contributed by atoms with Gasteiger partial charge in [-0.05, 0) is 35.7 Å². The fraction of sp³-hybridized carbons (Fsp3) is 0.316. The van der Waals surface area contributed by atoms with Crippen molar-refractivity contribution in [2.45, 2.75) is 19.1 Å². The molecule has 0 saturated carbocycles. The molecule has 2 aromatic rings. The molecule has 0 spiro atoms. The maximum absolute atomic E-state index is 13.1. The number of benzene rings is 2. The minimum Gasteiger partial charge on any atom is -0.476 e. The van der Waals surface area contributed by atoms with E-state index in [1.807, 2.05) is 18.2 Å². The van der Waals surface area contributed by atoms with E-state index in [1.54, 1.807) is 17.0 Å². The number of nitrogens with zero attached hydrogens (tertiary/aromatic N) is 2. The topological polar surface area (TPSA) is 66.9 Å². The zero-order valence-corrected chi connectivity index (χ0v) is 16.3. The Balaban J connectivity index is 1.61. The first-order chi connectivity index (χ1) is 12.8. The molecule has 8 heteroatoms. The van der Waals surface area contributed by atoms with Crippen molar-refractivity contribution in [2.24, 2.45) is 0 Å². The summed E-state index contributed by atoms with van der Waals surface area (Å²) in [5, 5.41) is 0.406. The minimum atomic E-state index is -3.58. The van der Waals surface area contributed by atoms with Crippen LogP contribution in [0.25, 0.3) is 0 Å². The van der Waals surface area contributed by atoms with Crippen molar-refractivity contribution in [1.82, 2.24) is 4.90 Å². The number of rotatable bonds is 2. The van der Waals surface area contributed by atoms with E-state index in [-0.39, 0.29) is 12.5 Å². The lowest BCUT2D eigenvalue weighted by Crippen LogP contribution is -2.52. The standard InChI is InChI=1S/C19H19ClN2O4S/c1-27(24,25)22-12-18(26-17-7-6-15(20)10-16(17)22)19(23)21-9-8-13-4-2-3-5-14(13)11-21/h2-7,10,18H,8-9,11-12H2,1H3. The number of fused-ring (bicyclic) bond motifs is 2. The van der Waals surface area contributed by atoms with Crippen LogP contribution in [-0.4, -0.2) is 44.7 Å². The van der Waals surface area contributed by atoms with Gasteiger partial charge in [0, 0.05) is 18.1 Å². The van der Waals surface area contributed by atoms with Crippen molar-refractivity contribution in [3.8, 4) is 5.75 Å². The molecule has 0 saturated heterocycles. The molecule has 0 radical (unpaired) electrons. The molecule has 4 rings (SSSR count). The van der Waals surface area contributed by atoms with E-state index in [0.717, 1.165) is 18.2 Å². The summed E-state index contributed by atoms with van der Waals surface area (Å²) in [5.74, 6) is 0.130. The Bertz CT molecular complexity index is 1010. The minimum absolute atomic E-state index is 0.0663. The van der Waals surface area contributed by atoms with Crippen molar-refractivity contribution in [2.75, 3.05) is 23.7 Å². The Hall–Kier alpha value is -2.25. The molecule has 142 valence electrons. The Morgan fingerprint density at radius 1 is 1.19 bits per heavy atom. The molecule has 6 nitrogen and oxygen atoms in total. The van der Waals surface area contributed by atoms with Gasteiger partial charge in [0.2, 0.25) is 10.0 Å². The van der Waals surface area contributed by atoms with Crippen LogP contribution in [0.2, 0.25) is 5.02 Å². The fourth-order valence-corrected chi connectivity index (χ4v) is 4.63. The lowest BCUT2D eigenvalue weighted by atomic mass is 9.99. The summed E-state index contributed by atoms with van der Waals surface area (Å²) in [6.07, 6.45) is 0.997. The summed E-state index contributed by atoms with van der Waals surface area (Å²) in [5.41, 5.74) is 2.71. The summed E-state index contributed by atoms with van der Waals surface area (Å²) >= 11 is 6.01. The second kappa shape index (κ2) is 6.73. The number of hydrogen-bond donors (Lipinski definition) is 0. The molecule has 2 heterocycles. The first kappa shape index (κ1) is 18.1. The number of sulfonamides is 1. The zero-order valence-electron chi connectivity index (χ0n) is 14.8. The van der Waals surface area contributed by atoms with Crippen molar-refractivity contribution in [1.29, 1.82) is 0 Å². The third kappa shape index (κ3) is 3.49. The molecule has 1 amide bonds. The Labute approximate surface area is 163 Å². The first-order valence-corrected chi connectivity index (χ1v) is 10.8. The van der Waals surface area contributed by atoms with Crippen LogP contribution in [0.4, 0.5) is 5.69 Å². The van der Waals surface area contributed by atoms with E-state index in [2.05, 4.69) is 6.07 Å². The normalized spacial score (nSPS) is 19.1. The molecule has 0 aromatic heterocycles. The van der Waals surface area contributed by atoms with E-state index in [4.69, 9.17) is 16.3 Å². The Kier molecular flexibility index (Phi) is 4.52. The van der Waals surface area contributed by atoms with Gasteiger partial charge in [0.15, 0.2) is 6.10 Å². The number of carbonyl (C=O) groups is 1. The number of carbonyl (C=O) groups excluding carboxylic acids is 1. The predicted molar refractivity (Wildman–Crippen MR) is 104 cm³/mol. The van der Waals surface area contributed by atoms with Crippen molar-refractivity contribution in [3.63, 3.8) is 0 Å². The van der Waals surface area contributed by atoms with Gasteiger partial charge in [0.05, 0.1) is 18.5 Å². The quantitative estimate of drug-likeness (QED) is 0.768. The van der Waals surface area contributed by atoms with E-state index in [0.29, 0.717) is 29.5 Å². The van der Waals surface area contributed by atoms with Crippen LogP contribution in [0, 0.1) is 0 Å². The van der Waals surface area contributed by atoms with Gasteiger partial charge in [-0.15, -0.1) is 0 Å². The molecule has 27 heavy (non-hydrogen) atoms. The van der Waals surface area contributed by atoms with Crippen molar-refractivity contribution >= 4 is 33.2 Å². The molecule has 2 aliphatic rings. The molecule has 0 aliphatic carbocycles. The molecule has 0 bridgehead atoms. The predicted octanol–water partition coefficient (Wildman–Crippen LogP) is 2.45. The third-order valence-corrected chi connectivity index (χ3v) is 6.29. The summed E-state index contributed by atoms with van der Waals surface area (Å²) in [7, 11) is -3.58. The molecule has 2 aromatic carbocycles. The van der Waals surface area contributed by atoms with Gasteiger partial charge < -0.3 is 9.64 Å². The average molecular weight is 407 g/mol. The van der Waals surface area contributed by atoms with Gasteiger partial charge >= 0.3 is 0 Å². The maximum Gasteiger partial charge on any atom is 0.265 e. The SMILES string of the molecule is CS(=O)(=O)N1CC(C(=O)N2CCc3ccccc3C2)Oc2ccc(Cl)cc21. The second-order valence-electron chi connectivity index (χ2n) is 6.79. The summed E-state index contributed by atoms with van der Waals surface area (Å²) < 4.78 is 31.6. The van der Waals surface area contributed by atoms with Crippen LogP contribution in [0.5, 0.6) is 5.75 Å². The Morgan fingerprint density at radius 2 is 1.93 bits per heavy atom. The molecular formula is C19H19ClN2O4S. The highest BCUT2D eigenvalue weighted by Gasteiger charge is 2.37. The highest BCUT2D eigenvalue weighted by molar-refractivity contribution is 7.92. The molecule has 0 fully saturated rings. The lowest BCUT2D eigenvalue weighted by Gasteiger charge is -2.37. The first-order valence-electron chi connectivity index (χ1n) is 8.62. The maximum atomic E-state index is 13.1. The molecular weight excluding hydrogens is 388 g/mol. The van der Waals surface area contributed by atoms with Gasteiger partial charge in [0.25, 0.3) is 5.91 Å². The smallest absolute Gasteiger partial charge is 0.265 e. The number of anilines is 1. The highest BCUT2D eigenvalue weighted by atomic mass is 35.5. The van der Waals surface area contributed by atoms with Crippen LogP contribution >= 0.6 is 11.6 Å². The van der Waals surface area contributed by atoms with Crippen LogP contribution in [0.15, 0.2) is 42.5 Å². The molecule has 1 atom stereocenters. The van der Waals surface area contributed by atoms with Gasteiger partial charge in [-0.2, -0.15) is 0 Å². The highest BCUT2D eigenvalue weighted by Crippen LogP contribution is 2.37. The van der Waals surface area contributed by atoms with Crippen molar-refractivity contribution < 1.29 is 17.9 Å². The van der Waals surface area contributed by atoms with E-state index in [9.17, 15) is 13.2 Å². The third-order valence-electron chi connectivity index (χ3n) is 4.91. The van der Waals surface area contributed by atoms with Crippen molar-refractivity contribution in [3.05, 3.63) is 58.6 Å². The molecule has 2 aliphatic heterocycles. The Morgan fingerprint density at radius 3 is 2.67 bits per heavy atom. The largest absolute Gasteiger partial charge is 0.476 e. The van der Waals surface area contributed by atoms with Gasteiger partial charge in [-0.1, -0.05) is 35.9 Å². The summed E-state index contributed by atoms with van der Waals surface area (Å²) in [6, 6.07) is 12.8. The number of hydrogen-bond acceptors (Lipinski definition) is 4. The van der Waals surface area contributed by atoms with E-state index >= 15 is 0 Å². The van der Waals surface area contributed by atoms with Crippen LogP contribution < -0.4 is 9.04 Å². The lowest BCUT2D eigenvalue weighted by molar-refractivity contribution is -0.139. The number of ether oxygens (including phenoxy) is 1. The fourth-order valence-electron chi connectivity index (χ4n) is 3.55. The van der Waals surface area contributed by atoms with E-state index in [1.165, 1.54) is 15.9 Å². The van der Waals surface area contributed by atoms with Crippen LogP contribution in [-0.2, 0) is 27.8 Å². The monoisotopic (exact) mass is 406 g/mol. The summed E-state index contributed by atoms with van der Waals surface area (Å²) in [4.78, 5) is 14.8. The molecule has 0 N–H and O–H groups in total. The second-order valence-corrected chi connectivity index (χ2v) is 9.13.